The molecule has 0 atom stereocenters. The van der Waals surface area contributed by atoms with Crippen LogP contribution in [-0.4, -0.2) is 30.4 Å². The van der Waals surface area contributed by atoms with Gasteiger partial charge in [0.15, 0.2) is 0 Å². The maximum atomic E-state index is 12.4. The number of nitrogens with one attached hydrogen (secondary N) is 1. The predicted octanol–water partition coefficient (Wildman–Crippen LogP) is 2.70. The van der Waals surface area contributed by atoms with Crippen LogP contribution in [0.3, 0.4) is 0 Å². The van der Waals surface area contributed by atoms with E-state index in [1.807, 2.05) is 24.1 Å². The summed E-state index contributed by atoms with van der Waals surface area (Å²) in [5.41, 5.74) is 3.24. The molecular formula is C14H19ClN2O. The third-order valence-electron chi connectivity index (χ3n) is 3.74. The van der Waals surface area contributed by atoms with Crippen molar-refractivity contribution in [1.82, 2.24) is 4.90 Å². The number of carbonyl (C=O) groups is 1. The van der Waals surface area contributed by atoms with Gasteiger partial charge in [-0.15, -0.1) is 12.4 Å². The van der Waals surface area contributed by atoms with Gasteiger partial charge in [-0.05, 0) is 43.4 Å². The van der Waals surface area contributed by atoms with Crippen molar-refractivity contribution in [3.63, 3.8) is 0 Å². The van der Waals surface area contributed by atoms with Crippen LogP contribution in [0.4, 0.5) is 5.69 Å². The van der Waals surface area contributed by atoms with Gasteiger partial charge in [0, 0.05) is 30.9 Å². The lowest BCUT2D eigenvalue weighted by molar-refractivity contribution is 0.0784. The van der Waals surface area contributed by atoms with Crippen LogP contribution in [0, 0.1) is 0 Å². The normalized spacial score (nSPS) is 17.2. The van der Waals surface area contributed by atoms with E-state index in [1.54, 1.807) is 0 Å². The summed E-state index contributed by atoms with van der Waals surface area (Å²) in [6, 6.07) is 6.50. The molecule has 1 saturated carbocycles. The second kappa shape index (κ2) is 5.19. The molecule has 4 heteroatoms. The van der Waals surface area contributed by atoms with Crippen molar-refractivity contribution in [1.29, 1.82) is 0 Å². The molecule has 0 saturated heterocycles. The number of carbonyl (C=O) groups excluding carboxylic acids is 1. The van der Waals surface area contributed by atoms with E-state index in [9.17, 15) is 4.79 Å². The summed E-state index contributed by atoms with van der Waals surface area (Å²) in [4.78, 5) is 14.3. The standard InChI is InChI=1S/C14H18N2O.ClH/c1-16(10-7-8-10)14(17)12-4-2-6-13-11(12)5-3-9-15-13;/h2,4,6,10,15H,3,5,7-9H2,1H3;1H. The van der Waals surface area contributed by atoms with Crippen molar-refractivity contribution in [2.24, 2.45) is 0 Å². The van der Waals surface area contributed by atoms with E-state index in [4.69, 9.17) is 0 Å². The highest BCUT2D eigenvalue weighted by atomic mass is 35.5. The Kier molecular flexibility index (Phi) is 3.81. The quantitative estimate of drug-likeness (QED) is 0.893. The first-order chi connectivity index (χ1) is 8.27. The fourth-order valence-electron chi connectivity index (χ4n) is 2.53. The Morgan fingerprint density at radius 1 is 1.39 bits per heavy atom. The molecule has 3 rings (SSSR count). The Hall–Kier alpha value is -1.22. The number of benzene rings is 1. The molecule has 0 aromatic heterocycles. The van der Waals surface area contributed by atoms with E-state index in [-0.39, 0.29) is 18.3 Å². The number of hydrogen-bond donors (Lipinski definition) is 1. The highest BCUT2D eigenvalue weighted by Gasteiger charge is 2.31. The molecule has 0 unspecified atom stereocenters. The maximum absolute atomic E-state index is 12.4. The van der Waals surface area contributed by atoms with Gasteiger partial charge in [0.1, 0.15) is 0 Å². The van der Waals surface area contributed by atoms with E-state index >= 15 is 0 Å². The summed E-state index contributed by atoms with van der Waals surface area (Å²) in [6.07, 6.45) is 4.46. The molecule has 1 amide bonds. The Balaban J connectivity index is 0.00000120. The molecule has 98 valence electrons. The third-order valence-corrected chi connectivity index (χ3v) is 3.74. The van der Waals surface area contributed by atoms with Crippen LogP contribution in [0.5, 0.6) is 0 Å². The zero-order valence-corrected chi connectivity index (χ0v) is 11.4. The summed E-state index contributed by atoms with van der Waals surface area (Å²) in [7, 11) is 1.93. The Bertz CT molecular complexity index is 457. The van der Waals surface area contributed by atoms with Gasteiger partial charge >= 0.3 is 0 Å². The Morgan fingerprint density at radius 3 is 2.89 bits per heavy atom. The average molecular weight is 267 g/mol. The van der Waals surface area contributed by atoms with Crippen LogP contribution in [0.2, 0.25) is 0 Å². The molecule has 2 aliphatic rings. The first kappa shape index (κ1) is 13.2. The molecule has 0 bridgehead atoms. The van der Waals surface area contributed by atoms with Crippen molar-refractivity contribution in [2.75, 3.05) is 18.9 Å². The van der Waals surface area contributed by atoms with Gasteiger partial charge in [-0.1, -0.05) is 6.07 Å². The molecule has 1 aliphatic heterocycles. The summed E-state index contributed by atoms with van der Waals surface area (Å²) in [5.74, 6) is 0.188. The molecule has 0 spiro atoms. The number of halogens is 1. The first-order valence-corrected chi connectivity index (χ1v) is 6.40. The van der Waals surface area contributed by atoms with Crippen LogP contribution >= 0.6 is 12.4 Å². The SMILES string of the molecule is CN(C(=O)c1cccc2c1CCCN2)C1CC1.Cl. The van der Waals surface area contributed by atoms with E-state index in [2.05, 4.69) is 11.4 Å². The van der Waals surface area contributed by atoms with Gasteiger partial charge < -0.3 is 10.2 Å². The first-order valence-electron chi connectivity index (χ1n) is 6.40. The van der Waals surface area contributed by atoms with Crippen molar-refractivity contribution >= 4 is 24.0 Å². The molecule has 3 nitrogen and oxygen atoms in total. The third kappa shape index (κ3) is 2.32. The summed E-state index contributed by atoms with van der Waals surface area (Å²) in [5, 5.41) is 3.37. The van der Waals surface area contributed by atoms with Gasteiger partial charge in [0.25, 0.3) is 5.91 Å². The molecule has 1 heterocycles. The van der Waals surface area contributed by atoms with Crippen molar-refractivity contribution in [2.45, 2.75) is 31.7 Å². The van der Waals surface area contributed by atoms with Crippen LogP contribution < -0.4 is 5.32 Å². The minimum atomic E-state index is 0. The molecule has 1 aliphatic carbocycles. The maximum Gasteiger partial charge on any atom is 0.254 e. The highest BCUT2D eigenvalue weighted by molar-refractivity contribution is 5.97. The second-order valence-corrected chi connectivity index (χ2v) is 5.01. The lowest BCUT2D eigenvalue weighted by Gasteiger charge is -2.23. The van der Waals surface area contributed by atoms with E-state index in [0.29, 0.717) is 6.04 Å². The smallest absolute Gasteiger partial charge is 0.254 e. The predicted molar refractivity (Wildman–Crippen MR) is 75.6 cm³/mol. The van der Waals surface area contributed by atoms with Crippen LogP contribution in [0.15, 0.2) is 18.2 Å². The monoisotopic (exact) mass is 266 g/mol. The summed E-state index contributed by atoms with van der Waals surface area (Å²) < 4.78 is 0. The van der Waals surface area contributed by atoms with Gasteiger partial charge in [0.2, 0.25) is 0 Å². The van der Waals surface area contributed by atoms with E-state index in [0.717, 1.165) is 43.5 Å². The number of amides is 1. The van der Waals surface area contributed by atoms with Crippen LogP contribution in [0.25, 0.3) is 0 Å². The minimum absolute atomic E-state index is 0. The molecule has 1 aromatic carbocycles. The van der Waals surface area contributed by atoms with Crippen molar-refractivity contribution in [3.05, 3.63) is 29.3 Å². The number of rotatable bonds is 2. The minimum Gasteiger partial charge on any atom is -0.385 e. The topological polar surface area (TPSA) is 32.3 Å². The molecular weight excluding hydrogens is 248 g/mol. The molecule has 1 fully saturated rings. The molecule has 0 radical (unpaired) electrons. The van der Waals surface area contributed by atoms with Crippen molar-refractivity contribution < 1.29 is 4.79 Å². The Labute approximate surface area is 114 Å². The number of nitrogens with zero attached hydrogens (tertiary/aromatic N) is 1. The van der Waals surface area contributed by atoms with Gasteiger partial charge in [-0.3, -0.25) is 4.79 Å². The van der Waals surface area contributed by atoms with Crippen LogP contribution in [-0.2, 0) is 6.42 Å². The molecule has 1 N–H and O–H groups in total. The largest absolute Gasteiger partial charge is 0.385 e. The van der Waals surface area contributed by atoms with Gasteiger partial charge in [-0.2, -0.15) is 0 Å². The Morgan fingerprint density at radius 2 is 2.17 bits per heavy atom. The summed E-state index contributed by atoms with van der Waals surface area (Å²) in [6.45, 7) is 1.02. The zero-order chi connectivity index (χ0) is 11.8. The zero-order valence-electron chi connectivity index (χ0n) is 10.6. The molecule has 1 aromatic rings. The van der Waals surface area contributed by atoms with Gasteiger partial charge in [0.05, 0.1) is 0 Å². The lowest BCUT2D eigenvalue weighted by atomic mass is 9.97. The number of fused-ring (bicyclic) bond motifs is 1. The average Bonchev–Trinajstić information content (AvgIpc) is 3.20. The second-order valence-electron chi connectivity index (χ2n) is 5.01. The highest BCUT2D eigenvalue weighted by Crippen LogP contribution is 2.30. The van der Waals surface area contributed by atoms with E-state index < -0.39 is 0 Å². The molecule has 18 heavy (non-hydrogen) atoms. The van der Waals surface area contributed by atoms with E-state index in [1.165, 1.54) is 5.56 Å². The number of anilines is 1. The lowest BCUT2D eigenvalue weighted by Crippen LogP contribution is -2.30. The number of hydrogen-bond acceptors (Lipinski definition) is 2. The summed E-state index contributed by atoms with van der Waals surface area (Å²) >= 11 is 0. The van der Waals surface area contributed by atoms with Crippen molar-refractivity contribution in [3.8, 4) is 0 Å². The fraction of sp³-hybridized carbons (Fsp3) is 0.500. The fourth-order valence-corrected chi connectivity index (χ4v) is 2.53. The van der Waals surface area contributed by atoms with Gasteiger partial charge in [-0.25, -0.2) is 0 Å². The van der Waals surface area contributed by atoms with Crippen LogP contribution in [0.1, 0.15) is 35.2 Å².